The van der Waals surface area contributed by atoms with Crippen LogP contribution in [-0.4, -0.2) is 23.8 Å². The monoisotopic (exact) mass is 310 g/mol. The summed E-state index contributed by atoms with van der Waals surface area (Å²) in [5.41, 5.74) is -0.578. The number of hydrogen-bond acceptors (Lipinski definition) is 4. The Morgan fingerprint density at radius 3 is 2.57 bits per heavy atom. The number of aryl methyl sites for hydroxylation is 1. The Morgan fingerprint density at radius 2 is 2.10 bits per heavy atom. The van der Waals surface area contributed by atoms with E-state index in [4.69, 9.17) is 4.74 Å². The summed E-state index contributed by atoms with van der Waals surface area (Å²) in [4.78, 5) is 14.6. The van der Waals surface area contributed by atoms with Gasteiger partial charge in [-0.15, -0.1) is 11.3 Å². The van der Waals surface area contributed by atoms with E-state index in [1.54, 1.807) is 0 Å². The number of amides is 1. The summed E-state index contributed by atoms with van der Waals surface area (Å²) in [6.07, 6.45) is 2.89. The van der Waals surface area contributed by atoms with E-state index in [1.165, 1.54) is 9.75 Å². The highest BCUT2D eigenvalue weighted by Gasteiger charge is 2.39. The number of thiophene rings is 1. The number of carbonyl (C=O) groups is 1. The zero-order valence-electron chi connectivity index (χ0n) is 13.4. The highest BCUT2D eigenvalue weighted by molar-refractivity contribution is 7.11. The van der Waals surface area contributed by atoms with E-state index in [1.807, 2.05) is 32.1 Å². The second-order valence-electron chi connectivity index (χ2n) is 6.88. The molecular formula is C16H26N2O2S. The van der Waals surface area contributed by atoms with Crippen LogP contribution in [0.5, 0.6) is 0 Å². The van der Waals surface area contributed by atoms with Gasteiger partial charge in [0.25, 0.3) is 0 Å². The van der Waals surface area contributed by atoms with Crippen molar-refractivity contribution >= 4 is 17.4 Å². The minimum Gasteiger partial charge on any atom is -0.444 e. The van der Waals surface area contributed by atoms with Gasteiger partial charge in [-0.25, -0.2) is 4.79 Å². The standard InChI is InChI=1S/C16H26N2O2S/c1-12-6-7-13(21-12)10-17-11-16(8-5-9-16)18-14(19)20-15(2,3)4/h6-7,17H,5,8-11H2,1-4H3,(H,18,19). The van der Waals surface area contributed by atoms with Crippen molar-refractivity contribution in [2.75, 3.05) is 6.54 Å². The summed E-state index contributed by atoms with van der Waals surface area (Å²) >= 11 is 1.81. The molecule has 0 aliphatic heterocycles. The lowest BCUT2D eigenvalue weighted by Gasteiger charge is -2.42. The van der Waals surface area contributed by atoms with Crippen molar-refractivity contribution < 1.29 is 9.53 Å². The van der Waals surface area contributed by atoms with Crippen LogP contribution in [0.3, 0.4) is 0 Å². The Labute approximate surface area is 131 Å². The molecule has 1 heterocycles. The molecule has 0 aromatic carbocycles. The number of hydrogen-bond donors (Lipinski definition) is 2. The summed E-state index contributed by atoms with van der Waals surface area (Å²) in [5.74, 6) is 0. The van der Waals surface area contributed by atoms with E-state index in [2.05, 4.69) is 29.7 Å². The van der Waals surface area contributed by atoms with Gasteiger partial charge in [0.15, 0.2) is 0 Å². The molecule has 1 aliphatic rings. The third kappa shape index (κ3) is 5.00. The van der Waals surface area contributed by atoms with Gasteiger partial charge in [0.1, 0.15) is 5.60 Å². The Bertz CT molecular complexity index is 487. The molecule has 0 radical (unpaired) electrons. The van der Waals surface area contributed by atoms with Gasteiger partial charge >= 0.3 is 6.09 Å². The number of alkyl carbamates (subject to hydrolysis) is 1. The molecule has 1 saturated carbocycles. The average molecular weight is 310 g/mol. The zero-order valence-corrected chi connectivity index (χ0v) is 14.2. The highest BCUT2D eigenvalue weighted by atomic mass is 32.1. The minimum absolute atomic E-state index is 0.130. The molecule has 21 heavy (non-hydrogen) atoms. The molecule has 2 N–H and O–H groups in total. The fourth-order valence-corrected chi connectivity index (χ4v) is 3.33. The van der Waals surface area contributed by atoms with E-state index in [-0.39, 0.29) is 11.6 Å². The third-order valence-electron chi connectivity index (χ3n) is 3.64. The van der Waals surface area contributed by atoms with E-state index >= 15 is 0 Å². The molecule has 0 bridgehead atoms. The zero-order chi connectivity index (χ0) is 15.5. The summed E-state index contributed by atoms with van der Waals surface area (Å²) in [6.45, 7) is 9.43. The minimum atomic E-state index is -0.447. The molecule has 118 valence electrons. The second-order valence-corrected chi connectivity index (χ2v) is 8.25. The van der Waals surface area contributed by atoms with Crippen LogP contribution >= 0.6 is 11.3 Å². The Morgan fingerprint density at radius 1 is 1.38 bits per heavy atom. The topological polar surface area (TPSA) is 50.4 Å². The van der Waals surface area contributed by atoms with Crippen molar-refractivity contribution in [2.24, 2.45) is 0 Å². The average Bonchev–Trinajstić information content (AvgIpc) is 2.69. The number of nitrogens with one attached hydrogen (secondary N) is 2. The Hall–Kier alpha value is -1.07. The first-order chi connectivity index (χ1) is 9.78. The normalized spacial score (nSPS) is 17.1. The van der Waals surface area contributed by atoms with Gasteiger partial charge < -0.3 is 15.4 Å². The molecule has 0 unspecified atom stereocenters. The molecule has 0 saturated heterocycles. The lowest BCUT2D eigenvalue weighted by molar-refractivity contribution is 0.0382. The van der Waals surface area contributed by atoms with Gasteiger partial charge in [-0.2, -0.15) is 0 Å². The van der Waals surface area contributed by atoms with Crippen molar-refractivity contribution in [3.05, 3.63) is 21.9 Å². The summed E-state index contributed by atoms with van der Waals surface area (Å²) in [7, 11) is 0. The maximum absolute atomic E-state index is 11.9. The second kappa shape index (κ2) is 6.36. The Balaban J connectivity index is 1.80. The largest absolute Gasteiger partial charge is 0.444 e. The predicted octanol–water partition coefficient (Wildman–Crippen LogP) is 3.59. The van der Waals surface area contributed by atoms with Crippen LogP contribution in [0.15, 0.2) is 12.1 Å². The maximum Gasteiger partial charge on any atom is 0.408 e. The fourth-order valence-electron chi connectivity index (χ4n) is 2.47. The van der Waals surface area contributed by atoms with Gasteiger partial charge in [0, 0.05) is 22.8 Å². The maximum atomic E-state index is 11.9. The van der Waals surface area contributed by atoms with E-state index in [0.717, 1.165) is 32.4 Å². The van der Waals surface area contributed by atoms with Gasteiger partial charge in [-0.1, -0.05) is 0 Å². The summed E-state index contributed by atoms with van der Waals surface area (Å²) in [6, 6.07) is 4.29. The molecule has 1 aromatic rings. The molecule has 2 rings (SSSR count). The van der Waals surface area contributed by atoms with Crippen molar-refractivity contribution in [2.45, 2.75) is 64.6 Å². The van der Waals surface area contributed by atoms with Crippen LogP contribution in [0, 0.1) is 6.92 Å². The molecule has 1 amide bonds. The lowest BCUT2D eigenvalue weighted by atomic mass is 9.76. The van der Waals surface area contributed by atoms with Crippen LogP contribution < -0.4 is 10.6 Å². The van der Waals surface area contributed by atoms with Gasteiger partial charge in [-0.3, -0.25) is 0 Å². The fraction of sp³-hybridized carbons (Fsp3) is 0.688. The van der Waals surface area contributed by atoms with Crippen LogP contribution in [0.4, 0.5) is 4.79 Å². The van der Waals surface area contributed by atoms with Crippen molar-refractivity contribution in [3.63, 3.8) is 0 Å². The first-order valence-corrected chi connectivity index (χ1v) is 8.37. The quantitative estimate of drug-likeness (QED) is 0.874. The van der Waals surface area contributed by atoms with E-state index in [9.17, 15) is 4.79 Å². The number of rotatable bonds is 5. The van der Waals surface area contributed by atoms with Crippen LogP contribution in [-0.2, 0) is 11.3 Å². The molecule has 1 fully saturated rings. The highest BCUT2D eigenvalue weighted by Crippen LogP contribution is 2.31. The van der Waals surface area contributed by atoms with Crippen LogP contribution in [0.1, 0.15) is 49.8 Å². The molecule has 4 nitrogen and oxygen atoms in total. The molecule has 1 aromatic heterocycles. The van der Waals surface area contributed by atoms with E-state index < -0.39 is 5.60 Å². The van der Waals surface area contributed by atoms with Crippen molar-refractivity contribution in [1.29, 1.82) is 0 Å². The first kappa shape index (κ1) is 16.3. The van der Waals surface area contributed by atoms with Crippen molar-refractivity contribution in [3.8, 4) is 0 Å². The Kier molecular flexibility index (Phi) is 4.94. The van der Waals surface area contributed by atoms with Gasteiger partial charge in [-0.05, 0) is 59.1 Å². The third-order valence-corrected chi connectivity index (χ3v) is 4.64. The summed E-state index contributed by atoms with van der Waals surface area (Å²) in [5, 5.41) is 6.52. The van der Waals surface area contributed by atoms with Crippen LogP contribution in [0.25, 0.3) is 0 Å². The molecular weight excluding hydrogens is 284 g/mol. The molecule has 5 heteroatoms. The SMILES string of the molecule is Cc1ccc(CNCC2(NC(=O)OC(C)(C)C)CCC2)s1. The smallest absolute Gasteiger partial charge is 0.408 e. The van der Waals surface area contributed by atoms with E-state index in [0.29, 0.717) is 0 Å². The predicted molar refractivity (Wildman–Crippen MR) is 86.7 cm³/mol. The first-order valence-electron chi connectivity index (χ1n) is 7.55. The molecule has 1 aliphatic carbocycles. The number of carbonyl (C=O) groups excluding carboxylic acids is 1. The molecule has 0 spiro atoms. The van der Waals surface area contributed by atoms with Gasteiger partial charge in [0.2, 0.25) is 0 Å². The van der Waals surface area contributed by atoms with Gasteiger partial charge in [0.05, 0.1) is 5.54 Å². The summed E-state index contributed by atoms with van der Waals surface area (Å²) < 4.78 is 5.36. The molecule has 0 atom stereocenters. The van der Waals surface area contributed by atoms with Crippen LogP contribution in [0.2, 0.25) is 0 Å². The lowest BCUT2D eigenvalue weighted by Crippen LogP contribution is -2.59. The number of ether oxygens (including phenoxy) is 1. The van der Waals surface area contributed by atoms with Crippen molar-refractivity contribution in [1.82, 2.24) is 10.6 Å².